The predicted molar refractivity (Wildman–Crippen MR) is 127 cm³/mol. The first kappa shape index (κ1) is 23.0. The van der Waals surface area contributed by atoms with Gasteiger partial charge in [-0.15, -0.1) is 0 Å². The number of halogens is 1. The zero-order chi connectivity index (χ0) is 23.8. The van der Waals surface area contributed by atoms with E-state index in [0.29, 0.717) is 55.6 Å². The molecule has 0 spiro atoms. The number of carbonyl (C=O) groups is 1. The Morgan fingerprint density at radius 1 is 1.24 bits per heavy atom. The Morgan fingerprint density at radius 2 is 1.97 bits per heavy atom. The van der Waals surface area contributed by atoms with Gasteiger partial charge in [-0.3, -0.25) is 14.7 Å². The van der Waals surface area contributed by atoms with Crippen molar-refractivity contribution in [3.05, 3.63) is 39.8 Å². The number of alkyl halides is 1. The third-order valence-electron chi connectivity index (χ3n) is 7.04. The highest BCUT2D eigenvalue weighted by Crippen LogP contribution is 2.30. The molecule has 1 amide bonds. The Morgan fingerprint density at radius 3 is 2.68 bits per heavy atom. The van der Waals surface area contributed by atoms with Crippen LogP contribution in [0.4, 0.5) is 4.39 Å². The molecule has 0 bridgehead atoms. The van der Waals surface area contributed by atoms with Crippen LogP contribution in [0.5, 0.6) is 0 Å². The maximum Gasteiger partial charge on any atom is 0.262 e. The molecular weight excluding hydrogens is 439 g/mol. The summed E-state index contributed by atoms with van der Waals surface area (Å²) in [7, 11) is 0. The summed E-state index contributed by atoms with van der Waals surface area (Å²) < 4.78 is 26.1. The molecule has 3 aromatic rings. The molecule has 2 aliphatic rings. The first-order valence-electron chi connectivity index (χ1n) is 12.1. The third-order valence-corrected chi connectivity index (χ3v) is 7.04. The van der Waals surface area contributed by atoms with Crippen molar-refractivity contribution in [3.63, 3.8) is 0 Å². The van der Waals surface area contributed by atoms with Crippen LogP contribution in [0.3, 0.4) is 0 Å². The molecule has 1 aromatic carbocycles. The second-order valence-electron chi connectivity index (χ2n) is 9.47. The highest BCUT2D eigenvalue weighted by Gasteiger charge is 2.27. The third kappa shape index (κ3) is 4.22. The van der Waals surface area contributed by atoms with E-state index in [9.17, 15) is 14.0 Å². The molecule has 182 valence electrons. The molecule has 1 atom stereocenters. The van der Waals surface area contributed by atoms with Crippen LogP contribution in [-0.2, 0) is 9.47 Å². The van der Waals surface area contributed by atoms with Gasteiger partial charge in [0, 0.05) is 43.3 Å². The Bertz CT molecular complexity index is 1250. The van der Waals surface area contributed by atoms with Gasteiger partial charge in [-0.2, -0.15) is 5.10 Å². The molecule has 34 heavy (non-hydrogen) atoms. The number of amides is 1. The monoisotopic (exact) mass is 470 g/mol. The number of benzene rings is 1. The topological polar surface area (TPSA) is 89.5 Å². The molecule has 2 aliphatic heterocycles. The predicted octanol–water partition coefficient (Wildman–Crippen LogP) is 3.52. The smallest absolute Gasteiger partial charge is 0.262 e. The van der Waals surface area contributed by atoms with Crippen molar-refractivity contribution in [1.29, 1.82) is 0 Å². The van der Waals surface area contributed by atoms with Crippen LogP contribution in [-0.4, -0.2) is 70.8 Å². The van der Waals surface area contributed by atoms with Gasteiger partial charge in [-0.25, -0.2) is 4.39 Å². The SMILES string of the molecule is Cc1cc2c(cc1C(=O)N1CCC(OC[C@H](C)F)CC1)c1[nH]ncc1c(=O)n2C1CCOCC1. The maximum absolute atomic E-state index is 13.5. The second kappa shape index (κ2) is 9.46. The fourth-order valence-electron chi connectivity index (χ4n) is 5.19. The number of likely N-dealkylation sites (tertiary alicyclic amines) is 1. The van der Waals surface area contributed by atoms with Crippen LogP contribution < -0.4 is 5.56 Å². The number of pyridine rings is 1. The quantitative estimate of drug-likeness (QED) is 0.616. The second-order valence-corrected chi connectivity index (χ2v) is 9.47. The molecule has 2 saturated heterocycles. The van der Waals surface area contributed by atoms with Gasteiger partial charge in [-0.05, 0) is 57.2 Å². The molecule has 0 radical (unpaired) electrons. The van der Waals surface area contributed by atoms with Crippen LogP contribution in [0.15, 0.2) is 23.1 Å². The van der Waals surface area contributed by atoms with E-state index in [2.05, 4.69) is 10.2 Å². The zero-order valence-corrected chi connectivity index (χ0v) is 19.7. The van der Waals surface area contributed by atoms with Crippen LogP contribution in [0.1, 0.15) is 54.6 Å². The lowest BCUT2D eigenvalue weighted by Gasteiger charge is -2.32. The van der Waals surface area contributed by atoms with E-state index >= 15 is 0 Å². The number of hydrogen-bond acceptors (Lipinski definition) is 5. The average Bonchev–Trinajstić information content (AvgIpc) is 3.34. The molecule has 5 rings (SSSR count). The number of hydrogen-bond donors (Lipinski definition) is 1. The van der Waals surface area contributed by atoms with E-state index in [1.807, 2.05) is 28.5 Å². The van der Waals surface area contributed by atoms with E-state index in [4.69, 9.17) is 9.47 Å². The molecule has 2 fully saturated rings. The van der Waals surface area contributed by atoms with Crippen LogP contribution >= 0.6 is 0 Å². The van der Waals surface area contributed by atoms with Crippen LogP contribution in [0.25, 0.3) is 21.8 Å². The van der Waals surface area contributed by atoms with Gasteiger partial charge < -0.3 is 18.9 Å². The first-order chi connectivity index (χ1) is 16.4. The van der Waals surface area contributed by atoms with Crippen molar-refractivity contribution >= 4 is 27.7 Å². The minimum atomic E-state index is -0.988. The Balaban J connectivity index is 1.49. The maximum atomic E-state index is 13.5. The lowest BCUT2D eigenvalue weighted by atomic mass is 9.99. The Labute approximate surface area is 197 Å². The van der Waals surface area contributed by atoms with Gasteiger partial charge in [0.25, 0.3) is 11.5 Å². The van der Waals surface area contributed by atoms with Gasteiger partial charge in [0.2, 0.25) is 0 Å². The standard InChI is InChI=1S/C25H31FN4O4/c1-15-11-22-20(12-19(15)24(31)29-7-3-18(4-8-29)34-14-16(2)26)23-21(13-27-28-23)25(32)30(22)17-5-9-33-10-6-17/h11-13,16-18H,3-10,14H2,1-2H3,(H,27,28)/t16-/m0/s1. The van der Waals surface area contributed by atoms with Crippen molar-refractivity contribution in [1.82, 2.24) is 19.7 Å². The Hall–Kier alpha value is -2.78. The summed E-state index contributed by atoms with van der Waals surface area (Å²) >= 11 is 0. The number of rotatable bonds is 5. The number of nitrogens with zero attached hydrogens (tertiary/aromatic N) is 3. The van der Waals surface area contributed by atoms with E-state index in [1.54, 1.807) is 6.20 Å². The van der Waals surface area contributed by atoms with Crippen LogP contribution in [0, 0.1) is 6.92 Å². The minimum absolute atomic E-state index is 0.0153. The van der Waals surface area contributed by atoms with Crippen molar-refractivity contribution < 1.29 is 18.7 Å². The van der Waals surface area contributed by atoms with E-state index < -0.39 is 6.17 Å². The summed E-state index contributed by atoms with van der Waals surface area (Å²) in [6, 6.07) is 3.91. The van der Waals surface area contributed by atoms with Gasteiger partial charge in [0.1, 0.15) is 6.17 Å². The van der Waals surface area contributed by atoms with Gasteiger partial charge in [0.15, 0.2) is 0 Å². The van der Waals surface area contributed by atoms with Gasteiger partial charge >= 0.3 is 0 Å². The van der Waals surface area contributed by atoms with Crippen molar-refractivity contribution in [2.45, 2.75) is 57.8 Å². The van der Waals surface area contributed by atoms with Crippen molar-refractivity contribution in [2.24, 2.45) is 0 Å². The molecule has 8 nitrogen and oxygen atoms in total. The molecular formula is C25H31FN4O4. The number of piperidine rings is 1. The number of fused-ring (bicyclic) bond motifs is 3. The number of aromatic nitrogens is 3. The van der Waals surface area contributed by atoms with Gasteiger partial charge in [-0.1, -0.05) is 0 Å². The highest BCUT2D eigenvalue weighted by atomic mass is 19.1. The molecule has 4 heterocycles. The fraction of sp³-hybridized carbons (Fsp3) is 0.560. The number of nitrogens with one attached hydrogen (secondary N) is 1. The summed E-state index contributed by atoms with van der Waals surface area (Å²) in [5.74, 6) is -0.0341. The van der Waals surface area contributed by atoms with Crippen molar-refractivity contribution in [3.8, 4) is 0 Å². The molecule has 0 saturated carbocycles. The highest BCUT2D eigenvalue weighted by molar-refractivity contribution is 6.07. The lowest BCUT2D eigenvalue weighted by molar-refractivity contribution is -0.0101. The van der Waals surface area contributed by atoms with E-state index in [-0.39, 0.29) is 30.2 Å². The summed E-state index contributed by atoms with van der Waals surface area (Å²) in [5, 5.41) is 8.44. The van der Waals surface area contributed by atoms with E-state index in [0.717, 1.165) is 29.3 Å². The summed E-state index contributed by atoms with van der Waals surface area (Å²) in [6.07, 6.45) is 3.50. The normalized spacial score (nSPS) is 19.2. The summed E-state index contributed by atoms with van der Waals surface area (Å²) in [4.78, 5) is 28.7. The number of H-pyrrole nitrogens is 1. The van der Waals surface area contributed by atoms with Gasteiger partial charge in [0.05, 0.1) is 35.3 Å². The van der Waals surface area contributed by atoms with Crippen LogP contribution in [0.2, 0.25) is 0 Å². The minimum Gasteiger partial charge on any atom is -0.381 e. The fourth-order valence-corrected chi connectivity index (χ4v) is 5.19. The summed E-state index contributed by atoms with van der Waals surface area (Å²) in [5.41, 5.74) is 2.87. The summed E-state index contributed by atoms with van der Waals surface area (Å²) in [6.45, 7) is 5.90. The molecule has 2 aromatic heterocycles. The van der Waals surface area contributed by atoms with E-state index in [1.165, 1.54) is 6.92 Å². The molecule has 0 unspecified atom stereocenters. The molecule has 9 heteroatoms. The Kier molecular flexibility index (Phi) is 6.40. The number of ether oxygens (including phenoxy) is 2. The zero-order valence-electron chi connectivity index (χ0n) is 19.7. The average molecular weight is 471 g/mol. The number of aryl methyl sites for hydroxylation is 1. The molecule has 0 aliphatic carbocycles. The number of aromatic amines is 1. The molecule has 1 N–H and O–H groups in total. The number of carbonyl (C=O) groups excluding carboxylic acids is 1. The first-order valence-corrected chi connectivity index (χ1v) is 12.1. The largest absolute Gasteiger partial charge is 0.381 e. The lowest BCUT2D eigenvalue weighted by Crippen LogP contribution is -2.41. The van der Waals surface area contributed by atoms with Crippen molar-refractivity contribution in [2.75, 3.05) is 32.9 Å².